The van der Waals surface area contributed by atoms with Crippen molar-refractivity contribution in [2.75, 3.05) is 18.0 Å². The van der Waals surface area contributed by atoms with Gasteiger partial charge < -0.3 is 4.90 Å². The molecular weight excluding hydrogens is 347 g/mol. The van der Waals surface area contributed by atoms with Crippen molar-refractivity contribution in [2.24, 2.45) is 5.92 Å². The Balaban J connectivity index is 1.72. The molecule has 7 heteroatoms. The number of hydrogen-bond donors (Lipinski definition) is 0. The first-order chi connectivity index (χ1) is 12.0. The molecule has 0 aromatic heterocycles. The maximum atomic E-state index is 13.5. The van der Waals surface area contributed by atoms with E-state index in [0.29, 0.717) is 36.5 Å². The molecule has 0 radical (unpaired) electrons. The number of carbonyl (C=O) groups excluding carboxylic acids is 1. The molecule has 1 heterocycles. The fraction of sp³-hybridized carbons (Fsp3) is 0.278. The van der Waals surface area contributed by atoms with E-state index in [-0.39, 0.29) is 23.1 Å². The van der Waals surface area contributed by atoms with Crippen LogP contribution < -0.4 is 4.90 Å². The van der Waals surface area contributed by atoms with Gasteiger partial charge in [0.25, 0.3) is 5.69 Å². The monoisotopic (exact) mass is 362 g/mol. The number of nitro benzene ring substituents is 1. The van der Waals surface area contributed by atoms with Gasteiger partial charge in [-0.1, -0.05) is 11.6 Å². The van der Waals surface area contributed by atoms with Crippen LogP contribution in [-0.2, 0) is 0 Å². The minimum atomic E-state index is -0.514. The van der Waals surface area contributed by atoms with Crippen LogP contribution in [0.25, 0.3) is 0 Å². The molecule has 0 bridgehead atoms. The van der Waals surface area contributed by atoms with Crippen molar-refractivity contribution < 1.29 is 14.1 Å². The Morgan fingerprint density at radius 2 is 1.80 bits per heavy atom. The van der Waals surface area contributed by atoms with Gasteiger partial charge >= 0.3 is 0 Å². The predicted octanol–water partition coefficient (Wildman–Crippen LogP) is 4.49. The summed E-state index contributed by atoms with van der Waals surface area (Å²) in [5.41, 5.74) is 0.755. The van der Waals surface area contributed by atoms with Crippen LogP contribution in [0.2, 0.25) is 5.02 Å². The van der Waals surface area contributed by atoms with Crippen LogP contribution >= 0.6 is 11.6 Å². The number of nitrogens with zero attached hydrogens (tertiary/aromatic N) is 2. The van der Waals surface area contributed by atoms with Gasteiger partial charge in [0.2, 0.25) is 0 Å². The summed E-state index contributed by atoms with van der Waals surface area (Å²) in [6.45, 7) is 0.933. The average molecular weight is 363 g/mol. The highest BCUT2D eigenvalue weighted by molar-refractivity contribution is 6.30. The molecule has 130 valence electrons. The Kier molecular flexibility index (Phi) is 4.99. The van der Waals surface area contributed by atoms with Gasteiger partial charge in [0.15, 0.2) is 5.78 Å². The maximum absolute atomic E-state index is 13.5. The molecule has 5 nitrogen and oxygen atoms in total. The third-order valence-electron chi connectivity index (χ3n) is 4.47. The Morgan fingerprint density at radius 3 is 2.40 bits per heavy atom. The van der Waals surface area contributed by atoms with E-state index >= 15 is 0 Å². The summed E-state index contributed by atoms with van der Waals surface area (Å²) < 4.78 is 13.5. The second kappa shape index (κ2) is 7.19. The molecule has 1 aliphatic rings. The van der Waals surface area contributed by atoms with E-state index in [1.165, 1.54) is 12.1 Å². The van der Waals surface area contributed by atoms with E-state index in [1.54, 1.807) is 29.2 Å². The normalized spacial score (nSPS) is 15.2. The second-order valence-corrected chi connectivity index (χ2v) is 6.46. The zero-order valence-electron chi connectivity index (χ0n) is 13.3. The zero-order valence-corrected chi connectivity index (χ0v) is 14.1. The molecule has 0 unspecified atom stereocenters. The van der Waals surface area contributed by atoms with Crippen LogP contribution in [0.3, 0.4) is 0 Å². The highest BCUT2D eigenvalue weighted by Crippen LogP contribution is 2.33. The minimum absolute atomic E-state index is 0.0464. The van der Waals surface area contributed by atoms with Gasteiger partial charge in [0.1, 0.15) is 11.5 Å². The average Bonchev–Trinajstić information content (AvgIpc) is 2.61. The lowest BCUT2D eigenvalue weighted by atomic mass is 9.88. The van der Waals surface area contributed by atoms with Gasteiger partial charge in [-0.3, -0.25) is 14.9 Å². The molecule has 3 rings (SSSR count). The molecule has 0 saturated carbocycles. The summed E-state index contributed by atoms with van der Waals surface area (Å²) >= 11 is 5.84. The maximum Gasteiger partial charge on any atom is 0.292 e. The number of nitro groups is 1. The summed E-state index contributed by atoms with van der Waals surface area (Å²) in [7, 11) is 0. The molecule has 1 aliphatic heterocycles. The summed E-state index contributed by atoms with van der Waals surface area (Å²) in [5, 5.41) is 11.7. The lowest BCUT2D eigenvalue weighted by Gasteiger charge is -2.32. The lowest BCUT2D eigenvalue weighted by molar-refractivity contribution is -0.384. The highest BCUT2D eigenvalue weighted by Gasteiger charge is 2.29. The van der Waals surface area contributed by atoms with E-state index in [0.717, 1.165) is 6.07 Å². The largest absolute Gasteiger partial charge is 0.366 e. The van der Waals surface area contributed by atoms with E-state index in [4.69, 9.17) is 11.6 Å². The van der Waals surface area contributed by atoms with Gasteiger partial charge in [0, 0.05) is 41.7 Å². The van der Waals surface area contributed by atoms with Crippen molar-refractivity contribution in [1.82, 2.24) is 0 Å². The topological polar surface area (TPSA) is 63.5 Å². The first kappa shape index (κ1) is 17.4. The number of halogens is 2. The van der Waals surface area contributed by atoms with Crippen LogP contribution in [0.15, 0.2) is 42.5 Å². The van der Waals surface area contributed by atoms with Gasteiger partial charge in [-0.25, -0.2) is 4.39 Å². The van der Waals surface area contributed by atoms with Crippen molar-refractivity contribution >= 4 is 28.8 Å². The van der Waals surface area contributed by atoms with Crippen molar-refractivity contribution in [2.45, 2.75) is 12.8 Å². The summed E-state index contributed by atoms with van der Waals surface area (Å²) in [5.74, 6) is -0.616. The van der Waals surface area contributed by atoms with Crippen molar-refractivity contribution in [1.29, 1.82) is 0 Å². The molecule has 2 aromatic rings. The Labute approximate surface area is 149 Å². The van der Waals surface area contributed by atoms with Gasteiger partial charge in [-0.15, -0.1) is 0 Å². The SMILES string of the molecule is O=C(c1ccc(Cl)cc1)C1CCN(c2cc(F)ccc2[N+](=O)[O-])CC1. The van der Waals surface area contributed by atoms with Crippen LogP contribution in [0, 0.1) is 21.8 Å². The van der Waals surface area contributed by atoms with Crippen molar-refractivity contribution in [3.8, 4) is 0 Å². The Morgan fingerprint density at radius 1 is 1.16 bits per heavy atom. The fourth-order valence-electron chi connectivity index (χ4n) is 3.14. The molecule has 1 saturated heterocycles. The quantitative estimate of drug-likeness (QED) is 0.457. The summed E-state index contributed by atoms with van der Waals surface area (Å²) in [6.07, 6.45) is 1.13. The number of Topliss-reactive ketones (excluding diaryl/α,β-unsaturated/α-hetero) is 1. The molecule has 0 N–H and O–H groups in total. The number of piperidine rings is 1. The summed E-state index contributed by atoms with van der Waals surface area (Å²) in [4.78, 5) is 25.0. The fourth-order valence-corrected chi connectivity index (χ4v) is 3.26. The number of rotatable bonds is 4. The Bertz CT molecular complexity index is 802. The molecule has 25 heavy (non-hydrogen) atoms. The van der Waals surface area contributed by atoms with Gasteiger partial charge in [-0.05, 0) is 43.2 Å². The smallest absolute Gasteiger partial charge is 0.292 e. The zero-order chi connectivity index (χ0) is 18.0. The van der Waals surface area contributed by atoms with Crippen LogP contribution in [0.4, 0.5) is 15.8 Å². The number of benzene rings is 2. The standard InChI is InChI=1S/C18H16ClFN2O3/c19-14-3-1-12(2-4-14)18(23)13-7-9-21(10-8-13)17-11-15(20)5-6-16(17)22(24)25/h1-6,11,13H,7-10H2. The van der Waals surface area contributed by atoms with Crippen LogP contribution in [0.5, 0.6) is 0 Å². The molecule has 0 spiro atoms. The summed E-state index contributed by atoms with van der Waals surface area (Å²) in [6, 6.07) is 10.2. The molecule has 0 aliphatic carbocycles. The number of anilines is 1. The minimum Gasteiger partial charge on any atom is -0.366 e. The molecule has 0 atom stereocenters. The second-order valence-electron chi connectivity index (χ2n) is 6.02. The van der Waals surface area contributed by atoms with Gasteiger partial charge in [0.05, 0.1) is 4.92 Å². The molecule has 2 aromatic carbocycles. The van der Waals surface area contributed by atoms with Crippen molar-refractivity contribution in [3.63, 3.8) is 0 Å². The van der Waals surface area contributed by atoms with E-state index in [1.807, 2.05) is 0 Å². The number of hydrogen-bond acceptors (Lipinski definition) is 4. The molecule has 0 amide bonds. The highest BCUT2D eigenvalue weighted by atomic mass is 35.5. The first-order valence-electron chi connectivity index (χ1n) is 7.94. The molecule has 1 fully saturated rings. The predicted molar refractivity (Wildman–Crippen MR) is 93.8 cm³/mol. The van der Waals surface area contributed by atoms with E-state index in [2.05, 4.69) is 0 Å². The third kappa shape index (κ3) is 3.79. The number of carbonyl (C=O) groups is 1. The lowest BCUT2D eigenvalue weighted by Crippen LogP contribution is -2.36. The van der Waals surface area contributed by atoms with E-state index in [9.17, 15) is 19.3 Å². The number of ketones is 1. The van der Waals surface area contributed by atoms with E-state index < -0.39 is 10.7 Å². The Hall–Kier alpha value is -2.47. The van der Waals surface area contributed by atoms with Crippen LogP contribution in [0.1, 0.15) is 23.2 Å². The van der Waals surface area contributed by atoms with Crippen LogP contribution in [-0.4, -0.2) is 23.8 Å². The third-order valence-corrected chi connectivity index (χ3v) is 4.72. The molecular formula is C18H16ClFN2O3. The van der Waals surface area contributed by atoms with Gasteiger partial charge in [-0.2, -0.15) is 0 Å². The first-order valence-corrected chi connectivity index (χ1v) is 8.32. The van der Waals surface area contributed by atoms with Crippen molar-refractivity contribution in [3.05, 3.63) is 69.0 Å².